The third kappa shape index (κ3) is 7.11. The summed E-state index contributed by atoms with van der Waals surface area (Å²) in [6.07, 6.45) is 0. The summed E-state index contributed by atoms with van der Waals surface area (Å²) in [6.45, 7) is 6.59. The molecule has 0 aliphatic carbocycles. The number of rotatable bonds is 8. The van der Waals surface area contributed by atoms with Gasteiger partial charge < -0.3 is 4.57 Å². The molecule has 0 aliphatic rings. The molecule has 0 bridgehead atoms. The van der Waals surface area contributed by atoms with Gasteiger partial charge in [0.1, 0.15) is 0 Å². The monoisotopic (exact) mass is 822 g/mol. The molecule has 0 unspecified atom stereocenters. The largest absolute Gasteiger partial charge is 0.309 e. The standard InChI is InChI=1S/C58H42N6/c1-37-32-38(2)54(39(3)33-37)44-28-30-47-46-26-16-17-27-51(46)64(53(47)35-44)52-31-29-45(58-62-56(42-22-12-6-13-23-42)61-57(63-58)43-24-14-7-15-25-43)34-48(52)50-36-49(40-18-8-4-9-19-40)59-55(60-50)41-20-10-5-11-21-41/h4-36H,1-3H3. The summed E-state index contributed by atoms with van der Waals surface area (Å²) in [5.41, 5.74) is 16.5. The van der Waals surface area contributed by atoms with Crippen LogP contribution in [0, 0.1) is 20.8 Å². The molecule has 0 N–H and O–H groups in total. The van der Waals surface area contributed by atoms with Crippen molar-refractivity contribution in [2.45, 2.75) is 20.8 Å². The highest BCUT2D eigenvalue weighted by molar-refractivity contribution is 6.11. The normalized spacial score (nSPS) is 11.4. The van der Waals surface area contributed by atoms with E-state index in [0.717, 1.165) is 61.5 Å². The minimum atomic E-state index is 0.566. The van der Waals surface area contributed by atoms with E-state index in [2.05, 4.69) is 128 Å². The van der Waals surface area contributed by atoms with Crippen molar-refractivity contribution in [1.29, 1.82) is 0 Å². The lowest BCUT2D eigenvalue weighted by Gasteiger charge is -2.18. The molecule has 64 heavy (non-hydrogen) atoms. The summed E-state index contributed by atoms with van der Waals surface area (Å²) in [4.78, 5) is 25.9. The molecule has 3 heterocycles. The Hall–Kier alpha value is -8.35. The molecule has 11 rings (SSSR count). The fraction of sp³-hybridized carbons (Fsp3) is 0.0517. The minimum absolute atomic E-state index is 0.566. The molecular formula is C58H42N6. The van der Waals surface area contributed by atoms with Gasteiger partial charge in [-0.2, -0.15) is 0 Å². The zero-order valence-electron chi connectivity index (χ0n) is 35.7. The first-order chi connectivity index (χ1) is 31.4. The molecule has 6 nitrogen and oxygen atoms in total. The van der Waals surface area contributed by atoms with E-state index in [1.807, 2.05) is 97.1 Å². The first-order valence-corrected chi connectivity index (χ1v) is 21.6. The number of hydrogen-bond acceptors (Lipinski definition) is 5. The summed E-state index contributed by atoms with van der Waals surface area (Å²) in [7, 11) is 0. The van der Waals surface area contributed by atoms with Gasteiger partial charge >= 0.3 is 0 Å². The van der Waals surface area contributed by atoms with Crippen molar-refractivity contribution in [2.75, 3.05) is 0 Å². The van der Waals surface area contributed by atoms with Crippen LogP contribution < -0.4 is 0 Å². The van der Waals surface area contributed by atoms with Crippen molar-refractivity contribution in [3.8, 4) is 84.9 Å². The minimum Gasteiger partial charge on any atom is -0.309 e. The zero-order chi connectivity index (χ0) is 43.1. The number of aromatic nitrogens is 6. The fourth-order valence-corrected chi connectivity index (χ4v) is 9.09. The van der Waals surface area contributed by atoms with Gasteiger partial charge in [0, 0.05) is 44.2 Å². The molecule has 3 aromatic heterocycles. The van der Waals surface area contributed by atoms with Crippen molar-refractivity contribution in [2.24, 2.45) is 0 Å². The maximum absolute atomic E-state index is 5.41. The summed E-state index contributed by atoms with van der Waals surface area (Å²) >= 11 is 0. The molecule has 11 aromatic rings. The molecule has 0 spiro atoms. The van der Waals surface area contributed by atoms with Crippen LogP contribution in [0.5, 0.6) is 0 Å². The first-order valence-electron chi connectivity index (χ1n) is 21.6. The quantitative estimate of drug-likeness (QED) is 0.153. The highest BCUT2D eigenvalue weighted by Gasteiger charge is 2.22. The summed E-state index contributed by atoms with van der Waals surface area (Å²) in [5.74, 6) is 2.41. The Morgan fingerprint density at radius 1 is 0.328 bits per heavy atom. The second-order valence-corrected chi connectivity index (χ2v) is 16.3. The molecule has 0 aliphatic heterocycles. The zero-order valence-corrected chi connectivity index (χ0v) is 35.7. The molecule has 0 amide bonds. The van der Waals surface area contributed by atoms with E-state index >= 15 is 0 Å². The maximum atomic E-state index is 5.41. The van der Waals surface area contributed by atoms with Crippen LogP contribution in [0.3, 0.4) is 0 Å². The van der Waals surface area contributed by atoms with Gasteiger partial charge in [-0.25, -0.2) is 24.9 Å². The third-order valence-electron chi connectivity index (χ3n) is 11.9. The SMILES string of the molecule is Cc1cc(C)c(-c2ccc3c4ccccc4n(-c4ccc(-c5nc(-c6ccccc6)nc(-c6ccccc6)n5)cc4-c4cc(-c5ccccc5)nc(-c5ccccc5)n4)c3c2)c(C)c1. The molecule has 6 heteroatoms. The van der Waals surface area contributed by atoms with E-state index in [0.29, 0.717) is 23.3 Å². The summed E-state index contributed by atoms with van der Waals surface area (Å²) in [5, 5.41) is 2.35. The van der Waals surface area contributed by atoms with E-state index in [1.165, 1.54) is 38.6 Å². The van der Waals surface area contributed by atoms with Crippen LogP contribution in [0.4, 0.5) is 0 Å². The van der Waals surface area contributed by atoms with Gasteiger partial charge in [0.25, 0.3) is 0 Å². The average molecular weight is 823 g/mol. The van der Waals surface area contributed by atoms with Crippen LogP contribution in [0.2, 0.25) is 0 Å². The van der Waals surface area contributed by atoms with Crippen molar-refractivity contribution in [3.05, 3.63) is 217 Å². The van der Waals surface area contributed by atoms with Crippen LogP contribution >= 0.6 is 0 Å². The van der Waals surface area contributed by atoms with Gasteiger partial charge in [-0.05, 0) is 79.4 Å². The van der Waals surface area contributed by atoms with Crippen molar-refractivity contribution in [1.82, 2.24) is 29.5 Å². The first kappa shape index (κ1) is 38.6. The maximum Gasteiger partial charge on any atom is 0.164 e. The summed E-state index contributed by atoms with van der Waals surface area (Å²) in [6, 6.07) is 69.5. The number of hydrogen-bond donors (Lipinski definition) is 0. The highest BCUT2D eigenvalue weighted by Crippen LogP contribution is 2.41. The summed E-state index contributed by atoms with van der Waals surface area (Å²) < 4.78 is 2.40. The lowest BCUT2D eigenvalue weighted by atomic mass is 9.93. The number of benzene rings is 8. The Labute approximate surface area is 372 Å². The fourth-order valence-electron chi connectivity index (χ4n) is 9.09. The van der Waals surface area contributed by atoms with Gasteiger partial charge in [-0.1, -0.05) is 169 Å². The Balaban J connectivity index is 1.22. The van der Waals surface area contributed by atoms with Crippen LogP contribution in [0.1, 0.15) is 16.7 Å². The highest BCUT2D eigenvalue weighted by atomic mass is 15.0. The molecule has 0 saturated heterocycles. The molecule has 0 saturated carbocycles. The number of aryl methyl sites for hydroxylation is 3. The van der Waals surface area contributed by atoms with Gasteiger partial charge in [-0.3, -0.25) is 0 Å². The molecule has 0 atom stereocenters. The molecule has 0 radical (unpaired) electrons. The van der Waals surface area contributed by atoms with Crippen LogP contribution in [-0.4, -0.2) is 29.5 Å². The second-order valence-electron chi connectivity index (χ2n) is 16.3. The van der Waals surface area contributed by atoms with Gasteiger partial charge in [0.2, 0.25) is 0 Å². The lowest BCUT2D eigenvalue weighted by molar-refractivity contribution is 1.07. The number of fused-ring (bicyclic) bond motifs is 3. The van der Waals surface area contributed by atoms with E-state index in [9.17, 15) is 0 Å². The molecule has 8 aromatic carbocycles. The molecule has 304 valence electrons. The molecule has 0 fully saturated rings. The third-order valence-corrected chi connectivity index (χ3v) is 11.9. The lowest BCUT2D eigenvalue weighted by Crippen LogP contribution is -2.03. The van der Waals surface area contributed by atoms with E-state index < -0.39 is 0 Å². The topological polar surface area (TPSA) is 69.4 Å². The second kappa shape index (κ2) is 16.2. The van der Waals surface area contributed by atoms with Gasteiger partial charge in [-0.15, -0.1) is 0 Å². The van der Waals surface area contributed by atoms with Crippen LogP contribution in [0.25, 0.3) is 107 Å². The van der Waals surface area contributed by atoms with Crippen molar-refractivity contribution >= 4 is 21.8 Å². The van der Waals surface area contributed by atoms with E-state index in [-0.39, 0.29) is 0 Å². The molecular weight excluding hydrogens is 781 g/mol. The predicted octanol–water partition coefficient (Wildman–Crippen LogP) is 14.4. The smallest absolute Gasteiger partial charge is 0.164 e. The van der Waals surface area contributed by atoms with E-state index in [4.69, 9.17) is 24.9 Å². The number of nitrogens with zero attached hydrogens (tertiary/aromatic N) is 6. The Bertz CT molecular complexity index is 3370. The van der Waals surface area contributed by atoms with Crippen LogP contribution in [0.15, 0.2) is 200 Å². The predicted molar refractivity (Wildman–Crippen MR) is 262 cm³/mol. The Kier molecular flexibility index (Phi) is 9.74. The van der Waals surface area contributed by atoms with Crippen LogP contribution in [-0.2, 0) is 0 Å². The van der Waals surface area contributed by atoms with Crippen molar-refractivity contribution < 1.29 is 0 Å². The van der Waals surface area contributed by atoms with Gasteiger partial charge in [0.15, 0.2) is 23.3 Å². The number of para-hydroxylation sites is 1. The van der Waals surface area contributed by atoms with E-state index in [1.54, 1.807) is 0 Å². The van der Waals surface area contributed by atoms with Gasteiger partial charge in [0.05, 0.1) is 28.1 Å². The average Bonchev–Trinajstić information content (AvgIpc) is 3.67. The Morgan fingerprint density at radius 2 is 0.797 bits per heavy atom. The van der Waals surface area contributed by atoms with Crippen molar-refractivity contribution in [3.63, 3.8) is 0 Å². The Morgan fingerprint density at radius 3 is 1.39 bits per heavy atom.